The van der Waals surface area contributed by atoms with E-state index >= 15 is 0 Å². The Morgan fingerprint density at radius 1 is 1.04 bits per heavy atom. The van der Waals surface area contributed by atoms with Crippen molar-refractivity contribution in [3.8, 4) is 0 Å². The Hall–Kier alpha value is -0.410. The highest BCUT2D eigenvalue weighted by atomic mass is 35.5. The maximum atomic E-state index is 12.9. The minimum absolute atomic E-state index is 0. The summed E-state index contributed by atoms with van der Waals surface area (Å²) in [6.07, 6.45) is 7.11. The lowest BCUT2D eigenvalue weighted by Gasteiger charge is -2.40. The van der Waals surface area contributed by atoms with Crippen LogP contribution in [0.5, 0.6) is 0 Å². The molecular weight excluding hydrogens is 388 g/mol. The molecule has 3 rings (SSSR count). The van der Waals surface area contributed by atoms with Crippen LogP contribution >= 0.6 is 12.4 Å². The van der Waals surface area contributed by atoms with Gasteiger partial charge in [-0.2, -0.15) is 17.0 Å². The maximum Gasteiger partial charge on any atom is 0.282 e. The van der Waals surface area contributed by atoms with Crippen molar-refractivity contribution < 1.29 is 13.2 Å². The molecule has 0 radical (unpaired) electrons. The van der Waals surface area contributed by atoms with E-state index in [-0.39, 0.29) is 30.3 Å². The first-order valence-corrected chi connectivity index (χ1v) is 11.5. The van der Waals surface area contributed by atoms with Crippen molar-refractivity contribution in [1.82, 2.24) is 18.8 Å². The lowest BCUT2D eigenvalue weighted by Crippen LogP contribution is -2.56. The summed E-state index contributed by atoms with van der Waals surface area (Å²) in [7, 11) is -1.70. The smallest absolute Gasteiger partial charge is 0.282 e. The van der Waals surface area contributed by atoms with Gasteiger partial charge in [-0.25, -0.2) is 0 Å². The lowest BCUT2D eigenvalue weighted by molar-refractivity contribution is -0.137. The average Bonchev–Trinajstić information content (AvgIpc) is 2.67. The number of carbonyl (C=O) groups excluding carboxylic acids is 1. The van der Waals surface area contributed by atoms with E-state index in [1.165, 1.54) is 6.42 Å². The van der Waals surface area contributed by atoms with E-state index in [1.807, 2.05) is 4.90 Å². The first kappa shape index (κ1) is 22.9. The molecule has 0 spiro atoms. The molecule has 2 atom stereocenters. The van der Waals surface area contributed by atoms with Crippen LogP contribution in [0.3, 0.4) is 0 Å². The summed E-state index contributed by atoms with van der Waals surface area (Å²) in [6.45, 7) is 4.84. The van der Waals surface area contributed by atoms with Crippen LogP contribution in [-0.4, -0.2) is 79.7 Å². The second kappa shape index (κ2) is 9.87. The summed E-state index contributed by atoms with van der Waals surface area (Å²) in [5.41, 5.74) is 0. The molecule has 7 nitrogen and oxygen atoms in total. The van der Waals surface area contributed by atoms with Crippen LogP contribution in [0.2, 0.25) is 0 Å². The Morgan fingerprint density at radius 3 is 2.26 bits per heavy atom. The molecule has 1 aliphatic carbocycles. The molecule has 1 N–H and O–H groups in total. The summed E-state index contributed by atoms with van der Waals surface area (Å²) in [5.74, 6) is 0.287. The Labute approximate surface area is 170 Å². The molecule has 3 fully saturated rings. The van der Waals surface area contributed by atoms with Gasteiger partial charge in [-0.05, 0) is 39.2 Å². The second-order valence-electron chi connectivity index (χ2n) is 8.12. The number of hydrogen-bond acceptors (Lipinski definition) is 4. The minimum Gasteiger partial charge on any atom is -0.340 e. The molecular formula is C18H35ClN4O3S. The summed E-state index contributed by atoms with van der Waals surface area (Å²) in [6, 6.07) is 0.508. The Kier molecular flexibility index (Phi) is 8.36. The summed E-state index contributed by atoms with van der Waals surface area (Å²) >= 11 is 0. The largest absolute Gasteiger partial charge is 0.340 e. The van der Waals surface area contributed by atoms with Crippen molar-refractivity contribution >= 4 is 28.5 Å². The molecule has 0 aromatic heterocycles. The van der Waals surface area contributed by atoms with Gasteiger partial charge in [-0.3, -0.25) is 4.79 Å². The number of hydrogen-bond donors (Lipinski definition) is 1. The molecule has 0 aromatic rings. The fourth-order valence-corrected chi connectivity index (χ4v) is 6.15. The number of amides is 1. The Morgan fingerprint density at radius 2 is 1.67 bits per heavy atom. The number of nitrogens with one attached hydrogen (secondary N) is 1. The molecule has 0 unspecified atom stereocenters. The van der Waals surface area contributed by atoms with Gasteiger partial charge in [0.15, 0.2) is 0 Å². The normalized spacial score (nSPS) is 28.8. The van der Waals surface area contributed by atoms with Gasteiger partial charge in [0.2, 0.25) is 5.91 Å². The van der Waals surface area contributed by atoms with E-state index in [9.17, 15) is 13.2 Å². The molecule has 158 valence electrons. The van der Waals surface area contributed by atoms with Crippen molar-refractivity contribution in [2.75, 3.05) is 39.8 Å². The van der Waals surface area contributed by atoms with E-state index in [1.54, 1.807) is 15.7 Å². The van der Waals surface area contributed by atoms with Crippen molar-refractivity contribution in [2.24, 2.45) is 5.92 Å². The van der Waals surface area contributed by atoms with Crippen LogP contribution in [0.4, 0.5) is 0 Å². The molecule has 2 saturated heterocycles. The first-order chi connectivity index (χ1) is 12.4. The van der Waals surface area contributed by atoms with Gasteiger partial charge >= 0.3 is 0 Å². The molecule has 2 heterocycles. The quantitative estimate of drug-likeness (QED) is 0.744. The zero-order chi connectivity index (χ0) is 18.7. The number of piperidine rings is 1. The molecule has 2 aliphatic heterocycles. The highest BCUT2D eigenvalue weighted by Crippen LogP contribution is 2.26. The number of piperazine rings is 1. The van der Waals surface area contributed by atoms with Gasteiger partial charge in [0.1, 0.15) is 0 Å². The van der Waals surface area contributed by atoms with Gasteiger partial charge in [0.25, 0.3) is 10.2 Å². The van der Waals surface area contributed by atoms with E-state index in [0.717, 1.165) is 45.1 Å². The van der Waals surface area contributed by atoms with Crippen LogP contribution in [0.25, 0.3) is 0 Å². The minimum atomic E-state index is -3.43. The van der Waals surface area contributed by atoms with Crippen molar-refractivity contribution in [3.63, 3.8) is 0 Å². The van der Waals surface area contributed by atoms with Gasteiger partial charge in [-0.1, -0.05) is 19.3 Å². The highest BCUT2D eigenvalue weighted by Gasteiger charge is 2.36. The van der Waals surface area contributed by atoms with E-state index in [0.29, 0.717) is 32.2 Å². The summed E-state index contributed by atoms with van der Waals surface area (Å²) in [5, 5.41) is 3.38. The topological polar surface area (TPSA) is 73.0 Å². The van der Waals surface area contributed by atoms with Crippen molar-refractivity contribution in [2.45, 2.75) is 64.0 Å². The molecule has 1 saturated carbocycles. The third kappa shape index (κ3) is 5.35. The zero-order valence-corrected chi connectivity index (χ0v) is 18.2. The SMILES string of the molecule is C[C@H]1C[C@@H](C(=O)N2CCN(S(=O)(=O)N(C)C3CCCCC3)CC2)CCN1.Cl. The van der Waals surface area contributed by atoms with Gasteiger partial charge in [-0.15, -0.1) is 12.4 Å². The van der Waals surface area contributed by atoms with Crippen LogP contribution in [0, 0.1) is 5.92 Å². The van der Waals surface area contributed by atoms with Gasteiger partial charge in [0.05, 0.1) is 0 Å². The Balaban J connectivity index is 0.00000261. The zero-order valence-electron chi connectivity index (χ0n) is 16.6. The lowest BCUT2D eigenvalue weighted by atomic mass is 9.92. The molecule has 3 aliphatic rings. The van der Waals surface area contributed by atoms with Crippen molar-refractivity contribution in [1.29, 1.82) is 0 Å². The third-order valence-electron chi connectivity index (χ3n) is 6.30. The Bertz CT molecular complexity index is 589. The first-order valence-electron chi connectivity index (χ1n) is 10.1. The predicted molar refractivity (Wildman–Crippen MR) is 109 cm³/mol. The number of rotatable bonds is 4. The average molecular weight is 423 g/mol. The number of nitrogens with zero attached hydrogens (tertiary/aromatic N) is 3. The van der Waals surface area contributed by atoms with Crippen LogP contribution < -0.4 is 5.32 Å². The molecule has 9 heteroatoms. The van der Waals surface area contributed by atoms with E-state index in [2.05, 4.69) is 12.2 Å². The van der Waals surface area contributed by atoms with E-state index in [4.69, 9.17) is 0 Å². The number of halogens is 1. The van der Waals surface area contributed by atoms with Crippen LogP contribution in [-0.2, 0) is 15.0 Å². The maximum absolute atomic E-state index is 12.9. The van der Waals surface area contributed by atoms with Gasteiger partial charge < -0.3 is 10.2 Å². The number of carbonyl (C=O) groups is 1. The van der Waals surface area contributed by atoms with Crippen molar-refractivity contribution in [3.05, 3.63) is 0 Å². The molecule has 1 amide bonds. The third-order valence-corrected chi connectivity index (χ3v) is 8.35. The van der Waals surface area contributed by atoms with Crippen LogP contribution in [0.1, 0.15) is 51.9 Å². The molecule has 0 aromatic carbocycles. The monoisotopic (exact) mass is 422 g/mol. The predicted octanol–water partition coefficient (Wildman–Crippen LogP) is 1.45. The summed E-state index contributed by atoms with van der Waals surface area (Å²) < 4.78 is 29.0. The summed E-state index contributed by atoms with van der Waals surface area (Å²) in [4.78, 5) is 14.6. The second-order valence-corrected chi connectivity index (χ2v) is 10.1. The standard InChI is InChI=1S/C18H34N4O3S.ClH/c1-15-14-16(8-9-19-15)18(23)21-10-12-22(13-11-21)26(24,25)20(2)17-6-4-3-5-7-17;/h15-17,19H,3-14H2,1-2H3;1H/t15-,16-;/m0./s1. The molecule has 0 bridgehead atoms. The fourth-order valence-electron chi connectivity index (χ4n) is 4.57. The fraction of sp³-hybridized carbons (Fsp3) is 0.944. The van der Waals surface area contributed by atoms with Gasteiger partial charge in [0, 0.05) is 51.2 Å². The van der Waals surface area contributed by atoms with E-state index < -0.39 is 10.2 Å². The molecule has 27 heavy (non-hydrogen) atoms. The highest BCUT2D eigenvalue weighted by molar-refractivity contribution is 7.86. The van der Waals surface area contributed by atoms with Crippen LogP contribution in [0.15, 0.2) is 0 Å².